The second-order valence-corrected chi connectivity index (χ2v) is 7.56. The molecule has 8 heteroatoms. The second-order valence-electron chi connectivity index (χ2n) is 5.92. The summed E-state index contributed by atoms with van der Waals surface area (Å²) in [4.78, 5) is 41.0. The Morgan fingerprint density at radius 1 is 1.27 bits per heavy atom. The number of carbonyl (C=O) groups excluding carboxylic acids is 3. The van der Waals surface area contributed by atoms with Gasteiger partial charge in [0, 0.05) is 12.1 Å². The fraction of sp³-hybridized carbons (Fsp3) is 0.333. The van der Waals surface area contributed by atoms with Gasteiger partial charge in [-0.3, -0.25) is 14.5 Å². The van der Waals surface area contributed by atoms with Gasteiger partial charge in [0.1, 0.15) is 10.4 Å². The minimum atomic E-state index is -0.843. The molecule has 0 spiro atoms. The highest BCUT2D eigenvalue weighted by molar-refractivity contribution is 8.26. The second kappa shape index (κ2) is 7.20. The molecule has 6 nitrogen and oxygen atoms in total. The van der Waals surface area contributed by atoms with Gasteiger partial charge < -0.3 is 9.64 Å². The molecule has 0 aromatic heterocycles. The number of carbonyl (C=O) groups is 3. The van der Waals surface area contributed by atoms with E-state index in [9.17, 15) is 14.4 Å². The summed E-state index contributed by atoms with van der Waals surface area (Å²) in [6.07, 6.45) is 0.799. The Kier molecular flexibility index (Phi) is 5.15. The Labute approximate surface area is 161 Å². The highest BCUT2D eigenvalue weighted by atomic mass is 32.2. The lowest BCUT2D eigenvalue weighted by molar-refractivity contribution is -0.147. The fourth-order valence-electron chi connectivity index (χ4n) is 3.09. The number of nitrogens with zero attached hydrogens (tertiary/aromatic N) is 2. The van der Waals surface area contributed by atoms with Crippen molar-refractivity contribution in [2.24, 2.45) is 0 Å². The Balaban J connectivity index is 2.08. The number of amides is 2. The maximum absolute atomic E-state index is 13.0. The smallest absolute Gasteiger partial charge is 0.328 e. The molecule has 1 unspecified atom stereocenters. The zero-order chi connectivity index (χ0) is 19.0. The largest absolute Gasteiger partial charge is 0.467 e. The Hall–Kier alpha value is -2.19. The Bertz CT molecular complexity index is 849. The Morgan fingerprint density at radius 3 is 2.62 bits per heavy atom. The van der Waals surface area contributed by atoms with Crippen molar-refractivity contribution < 1.29 is 19.1 Å². The average molecular weight is 390 g/mol. The van der Waals surface area contributed by atoms with E-state index in [-0.39, 0.29) is 15.1 Å². The number of anilines is 1. The lowest BCUT2D eigenvalue weighted by Crippen LogP contribution is -2.42. The third-order valence-electron chi connectivity index (χ3n) is 4.33. The molecule has 0 bridgehead atoms. The molecule has 3 rings (SSSR count). The van der Waals surface area contributed by atoms with Crippen molar-refractivity contribution in [2.75, 3.05) is 18.6 Å². The standard InChI is InChI=1S/C18H18N2O4S2/c1-4-9-19-12-8-6-5-7-11(12)13(15(19)21)14-16(22)20(18(25)26-14)10(2)17(23)24-3/h5-8,10H,4,9H2,1-3H3/b14-13-. The molecule has 0 radical (unpaired) electrons. The molecule has 1 atom stereocenters. The van der Waals surface area contributed by atoms with Gasteiger partial charge in [-0.15, -0.1) is 0 Å². The fourth-order valence-corrected chi connectivity index (χ4v) is 4.58. The molecule has 2 heterocycles. The van der Waals surface area contributed by atoms with E-state index in [0.29, 0.717) is 12.1 Å². The number of rotatable bonds is 4. The molecular formula is C18H18N2O4S2. The molecule has 2 aliphatic heterocycles. The molecule has 136 valence electrons. The minimum Gasteiger partial charge on any atom is -0.467 e. The maximum atomic E-state index is 13.0. The zero-order valence-electron chi connectivity index (χ0n) is 14.6. The SMILES string of the molecule is CCCN1C(=O)/C(=C2\SC(=S)N(C(C)C(=O)OC)C2=O)c2ccccc21. The zero-order valence-corrected chi connectivity index (χ0v) is 16.3. The number of hydrogen-bond donors (Lipinski definition) is 0. The molecule has 2 amide bonds. The molecule has 1 fully saturated rings. The molecule has 0 saturated carbocycles. The molecule has 26 heavy (non-hydrogen) atoms. The summed E-state index contributed by atoms with van der Waals surface area (Å²) < 4.78 is 4.96. The van der Waals surface area contributed by atoms with Crippen LogP contribution in [0.5, 0.6) is 0 Å². The van der Waals surface area contributed by atoms with Crippen LogP contribution in [0.15, 0.2) is 29.2 Å². The number of ether oxygens (including phenoxy) is 1. The number of fused-ring (bicyclic) bond motifs is 1. The summed E-state index contributed by atoms with van der Waals surface area (Å²) >= 11 is 6.35. The van der Waals surface area contributed by atoms with Gasteiger partial charge in [0.25, 0.3) is 11.8 Å². The van der Waals surface area contributed by atoms with E-state index in [1.54, 1.807) is 11.8 Å². The van der Waals surface area contributed by atoms with Gasteiger partial charge >= 0.3 is 5.97 Å². The van der Waals surface area contributed by atoms with E-state index in [1.807, 2.05) is 31.2 Å². The van der Waals surface area contributed by atoms with Crippen LogP contribution in [0.3, 0.4) is 0 Å². The lowest BCUT2D eigenvalue weighted by atomic mass is 10.1. The van der Waals surface area contributed by atoms with Gasteiger partial charge in [-0.2, -0.15) is 0 Å². The van der Waals surface area contributed by atoms with Gasteiger partial charge in [0.15, 0.2) is 0 Å². The molecule has 2 aliphatic rings. The molecule has 1 aromatic rings. The molecule has 1 aromatic carbocycles. The van der Waals surface area contributed by atoms with Crippen molar-refractivity contribution >= 4 is 57.3 Å². The van der Waals surface area contributed by atoms with E-state index in [4.69, 9.17) is 17.0 Å². The summed E-state index contributed by atoms with van der Waals surface area (Å²) in [7, 11) is 1.26. The van der Waals surface area contributed by atoms with Crippen LogP contribution in [0.1, 0.15) is 25.8 Å². The third-order valence-corrected chi connectivity index (χ3v) is 5.73. The number of benzene rings is 1. The number of hydrogen-bond acceptors (Lipinski definition) is 6. The van der Waals surface area contributed by atoms with Crippen LogP contribution in [-0.2, 0) is 19.1 Å². The number of esters is 1. The van der Waals surface area contributed by atoms with Crippen LogP contribution in [-0.4, -0.2) is 46.7 Å². The quantitative estimate of drug-likeness (QED) is 0.447. The molecule has 0 N–H and O–H groups in total. The van der Waals surface area contributed by atoms with Crippen LogP contribution in [0.4, 0.5) is 5.69 Å². The normalized spacial score (nSPS) is 20.7. The van der Waals surface area contributed by atoms with Crippen molar-refractivity contribution in [1.29, 1.82) is 0 Å². The summed E-state index contributed by atoms with van der Waals surface area (Å²) in [5.74, 6) is -1.20. The maximum Gasteiger partial charge on any atom is 0.328 e. The molecular weight excluding hydrogens is 372 g/mol. The van der Waals surface area contributed by atoms with E-state index in [0.717, 1.165) is 29.4 Å². The van der Waals surface area contributed by atoms with Gasteiger partial charge in [0.2, 0.25) is 0 Å². The van der Waals surface area contributed by atoms with Crippen LogP contribution < -0.4 is 4.90 Å². The van der Waals surface area contributed by atoms with Gasteiger partial charge in [-0.25, -0.2) is 4.79 Å². The van der Waals surface area contributed by atoms with Gasteiger partial charge in [-0.1, -0.05) is 49.1 Å². The van der Waals surface area contributed by atoms with Crippen LogP contribution >= 0.6 is 24.0 Å². The summed E-state index contributed by atoms with van der Waals surface area (Å²) in [6.45, 7) is 4.11. The summed E-state index contributed by atoms with van der Waals surface area (Å²) in [5, 5.41) is 0. The average Bonchev–Trinajstić information content (AvgIpc) is 3.07. The molecule has 1 saturated heterocycles. The van der Waals surface area contributed by atoms with E-state index in [2.05, 4.69) is 0 Å². The van der Waals surface area contributed by atoms with Crippen LogP contribution in [0.2, 0.25) is 0 Å². The topological polar surface area (TPSA) is 66.9 Å². The van der Waals surface area contributed by atoms with Crippen molar-refractivity contribution in [3.05, 3.63) is 34.7 Å². The Morgan fingerprint density at radius 2 is 1.96 bits per heavy atom. The minimum absolute atomic E-state index is 0.209. The van der Waals surface area contributed by atoms with E-state index in [1.165, 1.54) is 12.0 Å². The highest BCUT2D eigenvalue weighted by Crippen LogP contribution is 2.44. The van der Waals surface area contributed by atoms with Gasteiger partial charge in [-0.05, 0) is 19.4 Å². The first-order chi connectivity index (χ1) is 12.4. The number of methoxy groups -OCH3 is 1. The first kappa shape index (κ1) is 18.6. The van der Waals surface area contributed by atoms with Crippen molar-refractivity contribution in [1.82, 2.24) is 4.90 Å². The van der Waals surface area contributed by atoms with Crippen LogP contribution in [0, 0.1) is 0 Å². The molecule has 0 aliphatic carbocycles. The number of para-hydroxylation sites is 1. The van der Waals surface area contributed by atoms with Gasteiger partial charge in [0.05, 0.1) is 23.3 Å². The monoisotopic (exact) mass is 390 g/mol. The highest BCUT2D eigenvalue weighted by Gasteiger charge is 2.44. The lowest BCUT2D eigenvalue weighted by Gasteiger charge is -2.20. The van der Waals surface area contributed by atoms with Crippen molar-refractivity contribution in [3.8, 4) is 0 Å². The first-order valence-electron chi connectivity index (χ1n) is 8.21. The summed E-state index contributed by atoms with van der Waals surface area (Å²) in [5.41, 5.74) is 1.86. The van der Waals surface area contributed by atoms with E-state index < -0.39 is 17.9 Å². The van der Waals surface area contributed by atoms with Crippen molar-refractivity contribution in [3.63, 3.8) is 0 Å². The first-order valence-corrected chi connectivity index (χ1v) is 9.43. The number of thiocarbonyl (C=S) groups is 1. The predicted molar refractivity (Wildman–Crippen MR) is 105 cm³/mol. The van der Waals surface area contributed by atoms with Crippen LogP contribution in [0.25, 0.3) is 5.57 Å². The third kappa shape index (κ3) is 2.83. The number of thioether (sulfide) groups is 1. The summed E-state index contributed by atoms with van der Waals surface area (Å²) in [6, 6.07) is 6.55. The van der Waals surface area contributed by atoms with Crippen molar-refractivity contribution in [2.45, 2.75) is 26.3 Å². The van der Waals surface area contributed by atoms with E-state index >= 15 is 0 Å². The predicted octanol–water partition coefficient (Wildman–Crippen LogP) is 2.58.